The third-order valence-electron chi connectivity index (χ3n) is 4.34. The molecule has 0 fully saturated rings. The average molecular weight is 419 g/mol. The number of carbonyl (C=O) groups excluding carboxylic acids is 2. The molecule has 0 aromatic heterocycles. The normalized spacial score (nSPS) is 18.2. The molecule has 0 N–H and O–H groups in total. The lowest BCUT2D eigenvalue weighted by atomic mass is 9.84. The Bertz CT molecular complexity index is 795. The molecular formula is C20H18O2S4. The summed E-state index contributed by atoms with van der Waals surface area (Å²) >= 11 is 3.40. The number of thioether (sulfide) groups is 2. The van der Waals surface area contributed by atoms with Crippen molar-refractivity contribution in [2.45, 2.75) is 22.6 Å². The monoisotopic (exact) mass is 418 g/mol. The van der Waals surface area contributed by atoms with E-state index in [9.17, 15) is 9.59 Å². The number of hydrogen-bond acceptors (Lipinski definition) is 6. The second-order valence-electron chi connectivity index (χ2n) is 6.06. The Morgan fingerprint density at radius 3 is 1.62 bits per heavy atom. The van der Waals surface area contributed by atoms with E-state index in [1.165, 1.54) is 0 Å². The summed E-state index contributed by atoms with van der Waals surface area (Å²) in [6.45, 7) is 0. The van der Waals surface area contributed by atoms with E-state index in [1.807, 2.05) is 45.9 Å². The number of rotatable bonds is 0. The van der Waals surface area contributed by atoms with Crippen LogP contribution in [0.1, 0.15) is 44.7 Å². The predicted molar refractivity (Wildman–Crippen MR) is 115 cm³/mol. The highest BCUT2D eigenvalue weighted by molar-refractivity contribution is 8.76. The summed E-state index contributed by atoms with van der Waals surface area (Å²) in [5.41, 5.74) is 2.34. The Labute approximate surface area is 170 Å². The van der Waals surface area contributed by atoms with Gasteiger partial charge in [-0.25, -0.2) is 0 Å². The van der Waals surface area contributed by atoms with Gasteiger partial charge in [-0.15, -0.1) is 23.5 Å². The maximum absolute atomic E-state index is 13.4. The maximum atomic E-state index is 13.4. The van der Waals surface area contributed by atoms with Gasteiger partial charge < -0.3 is 0 Å². The second-order valence-corrected chi connectivity index (χ2v) is 11.0. The number of ketones is 2. The van der Waals surface area contributed by atoms with Gasteiger partial charge in [-0.1, -0.05) is 45.9 Å². The molecule has 0 radical (unpaired) electrons. The van der Waals surface area contributed by atoms with Crippen LogP contribution in [0, 0.1) is 0 Å². The molecule has 2 aliphatic rings. The van der Waals surface area contributed by atoms with Gasteiger partial charge in [-0.2, -0.15) is 0 Å². The van der Waals surface area contributed by atoms with E-state index in [0.29, 0.717) is 22.3 Å². The molecule has 0 unspecified atom stereocenters. The summed E-state index contributed by atoms with van der Waals surface area (Å²) in [7, 11) is 3.88. The average Bonchev–Trinajstić information content (AvgIpc) is 2.67. The first-order valence-electron chi connectivity index (χ1n) is 8.63. The summed E-state index contributed by atoms with van der Waals surface area (Å²) < 4.78 is 0. The fourth-order valence-corrected chi connectivity index (χ4v) is 7.74. The highest BCUT2D eigenvalue weighted by Gasteiger charge is 2.33. The highest BCUT2D eigenvalue weighted by atomic mass is 33.1. The third-order valence-corrected chi connectivity index (χ3v) is 9.20. The van der Waals surface area contributed by atoms with E-state index in [1.54, 1.807) is 35.7 Å². The van der Waals surface area contributed by atoms with Crippen LogP contribution in [0.15, 0.2) is 46.2 Å². The van der Waals surface area contributed by atoms with Crippen LogP contribution < -0.4 is 0 Å². The maximum Gasteiger partial charge on any atom is 0.196 e. The molecule has 1 aliphatic heterocycles. The molecule has 0 spiro atoms. The lowest BCUT2D eigenvalue weighted by molar-refractivity contribution is 0.0974. The Hall–Kier alpha value is -0.820. The molecule has 2 nitrogen and oxygen atoms in total. The zero-order valence-corrected chi connectivity index (χ0v) is 17.4. The first-order chi connectivity index (χ1) is 12.8. The molecule has 1 aliphatic carbocycles. The predicted octanol–water partition coefficient (Wildman–Crippen LogP) is 5.82. The van der Waals surface area contributed by atoms with E-state index < -0.39 is 0 Å². The lowest BCUT2D eigenvalue weighted by Gasteiger charge is -2.22. The number of carbonyl (C=O) groups is 2. The van der Waals surface area contributed by atoms with Crippen LogP contribution in [0.3, 0.4) is 0 Å². The molecule has 0 amide bonds. The fraction of sp³-hybridized carbons (Fsp3) is 0.300. The van der Waals surface area contributed by atoms with Crippen LogP contribution in [0.5, 0.6) is 0 Å². The van der Waals surface area contributed by atoms with Crippen molar-refractivity contribution in [3.05, 3.63) is 58.7 Å². The molecule has 0 atom stereocenters. The quantitative estimate of drug-likeness (QED) is 0.428. The minimum absolute atomic E-state index is 0.0134. The van der Waals surface area contributed by atoms with Crippen LogP contribution in [-0.4, -0.2) is 34.6 Å². The zero-order chi connectivity index (χ0) is 17.9. The van der Waals surface area contributed by atoms with Crippen molar-refractivity contribution in [3.8, 4) is 0 Å². The summed E-state index contributed by atoms with van der Waals surface area (Å²) in [6.07, 6.45) is 2.20. The van der Waals surface area contributed by atoms with Crippen LogP contribution in [0.4, 0.5) is 0 Å². The first-order valence-corrected chi connectivity index (χ1v) is 13.1. The van der Waals surface area contributed by atoms with Crippen LogP contribution in [0.25, 0.3) is 0 Å². The Morgan fingerprint density at radius 2 is 1.12 bits per heavy atom. The first kappa shape index (κ1) is 18.5. The van der Waals surface area contributed by atoms with E-state index in [4.69, 9.17) is 0 Å². The summed E-state index contributed by atoms with van der Waals surface area (Å²) in [4.78, 5) is 28.3. The van der Waals surface area contributed by atoms with Gasteiger partial charge in [-0.05, 0) is 36.5 Å². The van der Waals surface area contributed by atoms with Gasteiger partial charge in [-0.3, -0.25) is 9.59 Å². The van der Waals surface area contributed by atoms with Crippen molar-refractivity contribution in [2.24, 2.45) is 0 Å². The van der Waals surface area contributed by atoms with Crippen molar-refractivity contribution in [1.82, 2.24) is 0 Å². The molecule has 134 valence electrons. The zero-order valence-electron chi connectivity index (χ0n) is 14.2. The van der Waals surface area contributed by atoms with Crippen molar-refractivity contribution in [3.63, 3.8) is 0 Å². The molecule has 4 rings (SSSR count). The number of hydrogen-bond donors (Lipinski definition) is 0. The van der Waals surface area contributed by atoms with E-state index in [2.05, 4.69) is 0 Å². The SMILES string of the molecule is O=C1c2cccc3c2C(=O)c2c(cccc21)SCCCSSCCCS3. The number of benzene rings is 2. The minimum atomic E-state index is -0.0186. The van der Waals surface area contributed by atoms with Crippen molar-refractivity contribution < 1.29 is 9.59 Å². The van der Waals surface area contributed by atoms with Gasteiger partial charge >= 0.3 is 0 Å². The van der Waals surface area contributed by atoms with Gasteiger partial charge in [0.15, 0.2) is 11.6 Å². The van der Waals surface area contributed by atoms with Crippen molar-refractivity contribution >= 4 is 56.7 Å². The molecule has 0 saturated carbocycles. The van der Waals surface area contributed by atoms with Gasteiger partial charge in [0.1, 0.15) is 0 Å². The molecule has 0 saturated heterocycles. The summed E-state index contributed by atoms with van der Waals surface area (Å²) in [5, 5.41) is 0. The Kier molecular flexibility index (Phi) is 6.03. The Balaban J connectivity index is 1.81. The van der Waals surface area contributed by atoms with Gasteiger partial charge in [0.05, 0.1) is 0 Å². The Morgan fingerprint density at radius 1 is 0.615 bits per heavy atom. The smallest absolute Gasteiger partial charge is 0.196 e. The van der Waals surface area contributed by atoms with E-state index in [-0.39, 0.29) is 11.6 Å². The largest absolute Gasteiger partial charge is 0.289 e. The fourth-order valence-electron chi connectivity index (χ4n) is 3.14. The third kappa shape index (κ3) is 3.61. The van der Waals surface area contributed by atoms with Gasteiger partial charge in [0, 0.05) is 43.6 Å². The molecule has 2 aromatic rings. The van der Waals surface area contributed by atoms with Gasteiger partial charge in [0.25, 0.3) is 0 Å². The van der Waals surface area contributed by atoms with Crippen LogP contribution in [-0.2, 0) is 0 Å². The second kappa shape index (κ2) is 8.46. The summed E-state index contributed by atoms with van der Waals surface area (Å²) in [6, 6.07) is 11.3. The molecule has 2 aromatic carbocycles. The van der Waals surface area contributed by atoms with E-state index >= 15 is 0 Å². The highest BCUT2D eigenvalue weighted by Crippen LogP contribution is 2.38. The topological polar surface area (TPSA) is 34.1 Å². The summed E-state index contributed by atoms with van der Waals surface area (Å²) in [5.74, 6) is 4.17. The lowest BCUT2D eigenvalue weighted by Crippen LogP contribution is -2.22. The van der Waals surface area contributed by atoms with Crippen LogP contribution in [0.2, 0.25) is 0 Å². The van der Waals surface area contributed by atoms with E-state index in [0.717, 1.165) is 45.6 Å². The molecule has 26 heavy (non-hydrogen) atoms. The molecule has 2 bridgehead atoms. The molecular weight excluding hydrogens is 400 g/mol. The molecule has 6 heteroatoms. The molecule has 1 heterocycles. The van der Waals surface area contributed by atoms with Crippen LogP contribution >= 0.6 is 45.1 Å². The van der Waals surface area contributed by atoms with Crippen molar-refractivity contribution in [1.29, 1.82) is 0 Å². The van der Waals surface area contributed by atoms with Crippen molar-refractivity contribution in [2.75, 3.05) is 23.0 Å². The minimum Gasteiger partial charge on any atom is -0.289 e. The standard InChI is InChI=1S/C20H18O2S4/c21-19-13-5-1-7-15-17(13)20(22)18-14(19)6-2-8-16(18)24-10-4-12-26-25-11-3-9-23-15/h1-2,5-8H,3-4,9-12H2. The van der Waals surface area contributed by atoms with Gasteiger partial charge in [0.2, 0.25) is 0 Å².